The summed E-state index contributed by atoms with van der Waals surface area (Å²) in [6.45, 7) is 0.457. The molecule has 1 aromatic rings. The van der Waals surface area contributed by atoms with E-state index in [1.54, 1.807) is 7.11 Å². The number of methoxy groups -OCH3 is 1. The van der Waals surface area contributed by atoms with Crippen LogP contribution in [0.4, 0.5) is 0 Å². The first-order valence-corrected chi connectivity index (χ1v) is 5.73. The van der Waals surface area contributed by atoms with E-state index in [-0.39, 0.29) is 6.10 Å². The van der Waals surface area contributed by atoms with Gasteiger partial charge in [0.2, 0.25) is 0 Å². The standard InChI is InChI=1S/C11H12BrNO3/c1-14-9-4-2-3-5-10(9)15-7-8-6-11(12)13-16-8/h2-5,8H,6-7H2,1H3/t8-/m0/s1. The second kappa shape index (κ2) is 5.21. The molecule has 2 rings (SSSR count). The van der Waals surface area contributed by atoms with E-state index in [9.17, 15) is 0 Å². The summed E-state index contributed by atoms with van der Waals surface area (Å²) in [6, 6.07) is 7.53. The maximum Gasteiger partial charge on any atom is 0.167 e. The van der Waals surface area contributed by atoms with E-state index in [0.717, 1.165) is 22.5 Å². The molecule has 1 aliphatic heterocycles. The van der Waals surface area contributed by atoms with Gasteiger partial charge < -0.3 is 14.3 Å². The number of oxime groups is 1. The van der Waals surface area contributed by atoms with E-state index in [4.69, 9.17) is 14.3 Å². The fraction of sp³-hybridized carbons (Fsp3) is 0.364. The molecule has 1 aromatic carbocycles. The number of ether oxygens (including phenoxy) is 2. The number of halogens is 1. The lowest BCUT2D eigenvalue weighted by molar-refractivity contribution is 0.0463. The van der Waals surface area contributed by atoms with Crippen LogP contribution in [0.15, 0.2) is 29.4 Å². The number of para-hydroxylation sites is 2. The topological polar surface area (TPSA) is 40.0 Å². The summed E-state index contributed by atoms with van der Waals surface area (Å²) in [5, 5.41) is 3.79. The van der Waals surface area contributed by atoms with Crippen LogP contribution in [0.3, 0.4) is 0 Å². The van der Waals surface area contributed by atoms with Crippen LogP contribution in [0.25, 0.3) is 0 Å². The molecule has 1 atom stereocenters. The molecule has 1 heterocycles. The Kier molecular flexibility index (Phi) is 3.66. The molecule has 0 fully saturated rings. The van der Waals surface area contributed by atoms with Gasteiger partial charge in [0, 0.05) is 6.42 Å². The van der Waals surface area contributed by atoms with Crippen molar-refractivity contribution in [3.8, 4) is 11.5 Å². The molecule has 0 N–H and O–H groups in total. The van der Waals surface area contributed by atoms with Crippen LogP contribution in [0.2, 0.25) is 0 Å². The minimum atomic E-state index is -0.0284. The highest BCUT2D eigenvalue weighted by molar-refractivity contribution is 9.18. The van der Waals surface area contributed by atoms with Crippen LogP contribution in [0.1, 0.15) is 6.42 Å². The van der Waals surface area contributed by atoms with Gasteiger partial charge in [-0.2, -0.15) is 0 Å². The highest BCUT2D eigenvalue weighted by atomic mass is 79.9. The summed E-state index contributed by atoms with van der Waals surface area (Å²) in [4.78, 5) is 5.14. The lowest BCUT2D eigenvalue weighted by Gasteiger charge is -2.12. The summed E-state index contributed by atoms with van der Waals surface area (Å²) in [5.41, 5.74) is 0. The molecular weight excluding hydrogens is 274 g/mol. The van der Waals surface area contributed by atoms with E-state index in [1.807, 2.05) is 24.3 Å². The molecule has 4 nitrogen and oxygen atoms in total. The lowest BCUT2D eigenvalue weighted by atomic mass is 10.3. The molecule has 0 aromatic heterocycles. The molecule has 0 saturated carbocycles. The van der Waals surface area contributed by atoms with Crippen molar-refractivity contribution in [2.24, 2.45) is 5.16 Å². The molecule has 5 heteroatoms. The predicted octanol–water partition coefficient (Wildman–Crippen LogP) is 2.57. The maximum atomic E-state index is 5.62. The van der Waals surface area contributed by atoms with E-state index < -0.39 is 0 Å². The third-order valence-electron chi connectivity index (χ3n) is 2.19. The quantitative estimate of drug-likeness (QED) is 0.854. The number of benzene rings is 1. The molecule has 86 valence electrons. The van der Waals surface area contributed by atoms with Crippen LogP contribution < -0.4 is 9.47 Å². The third-order valence-corrected chi connectivity index (χ3v) is 2.66. The van der Waals surface area contributed by atoms with Gasteiger partial charge in [-0.25, -0.2) is 0 Å². The summed E-state index contributed by atoms with van der Waals surface area (Å²) >= 11 is 3.28. The Bertz CT molecular complexity index is 395. The minimum absolute atomic E-state index is 0.0284. The summed E-state index contributed by atoms with van der Waals surface area (Å²) in [5.74, 6) is 1.44. The van der Waals surface area contributed by atoms with Crippen molar-refractivity contribution in [3.63, 3.8) is 0 Å². The zero-order valence-corrected chi connectivity index (χ0v) is 10.4. The van der Waals surface area contributed by atoms with E-state index >= 15 is 0 Å². The van der Waals surface area contributed by atoms with Gasteiger partial charge in [-0.3, -0.25) is 0 Å². The van der Waals surface area contributed by atoms with Crippen molar-refractivity contribution in [1.82, 2.24) is 0 Å². The smallest absolute Gasteiger partial charge is 0.167 e. The first-order valence-electron chi connectivity index (χ1n) is 4.93. The van der Waals surface area contributed by atoms with Gasteiger partial charge in [-0.1, -0.05) is 17.3 Å². The first-order chi connectivity index (χ1) is 7.79. The van der Waals surface area contributed by atoms with Crippen LogP contribution in [0, 0.1) is 0 Å². The van der Waals surface area contributed by atoms with Gasteiger partial charge in [0.05, 0.1) is 7.11 Å². The Labute approximate surface area is 102 Å². The zero-order chi connectivity index (χ0) is 11.4. The highest BCUT2D eigenvalue weighted by Crippen LogP contribution is 2.26. The number of hydrogen-bond acceptors (Lipinski definition) is 4. The molecule has 0 unspecified atom stereocenters. The number of nitrogens with zero attached hydrogens (tertiary/aromatic N) is 1. The fourth-order valence-electron chi connectivity index (χ4n) is 1.40. The monoisotopic (exact) mass is 285 g/mol. The molecule has 0 aliphatic carbocycles. The third kappa shape index (κ3) is 2.66. The van der Waals surface area contributed by atoms with Crippen molar-refractivity contribution < 1.29 is 14.3 Å². The lowest BCUT2D eigenvalue weighted by Crippen LogP contribution is -2.17. The van der Waals surface area contributed by atoms with Crippen molar-refractivity contribution >= 4 is 20.6 Å². The molecule has 16 heavy (non-hydrogen) atoms. The largest absolute Gasteiger partial charge is 0.493 e. The van der Waals surface area contributed by atoms with Gasteiger partial charge in [-0.05, 0) is 28.1 Å². The Balaban J connectivity index is 1.90. The van der Waals surface area contributed by atoms with Crippen molar-refractivity contribution in [1.29, 1.82) is 0 Å². The molecule has 0 spiro atoms. The predicted molar refractivity (Wildman–Crippen MR) is 64.3 cm³/mol. The summed E-state index contributed by atoms with van der Waals surface area (Å²) < 4.78 is 11.6. The fourth-order valence-corrected chi connectivity index (χ4v) is 1.85. The first kappa shape index (κ1) is 11.3. The van der Waals surface area contributed by atoms with E-state index in [0.29, 0.717) is 6.61 Å². The Morgan fingerprint density at radius 1 is 1.44 bits per heavy atom. The van der Waals surface area contributed by atoms with Crippen LogP contribution in [-0.2, 0) is 4.84 Å². The molecule has 0 bridgehead atoms. The number of hydrogen-bond donors (Lipinski definition) is 0. The van der Waals surface area contributed by atoms with Gasteiger partial charge in [0.15, 0.2) is 17.6 Å². The van der Waals surface area contributed by atoms with Crippen LogP contribution in [0.5, 0.6) is 11.5 Å². The normalized spacial score (nSPS) is 18.9. The second-order valence-corrected chi connectivity index (χ2v) is 4.28. The summed E-state index contributed by atoms with van der Waals surface area (Å²) in [7, 11) is 1.62. The average molecular weight is 286 g/mol. The Hall–Kier alpha value is -1.23. The molecule has 0 amide bonds. The summed E-state index contributed by atoms with van der Waals surface area (Å²) in [6.07, 6.45) is 0.717. The second-order valence-electron chi connectivity index (χ2n) is 3.36. The molecule has 0 saturated heterocycles. The SMILES string of the molecule is COc1ccccc1OC[C@@H]1CC(Br)=NO1. The van der Waals surface area contributed by atoms with Gasteiger partial charge in [0.1, 0.15) is 11.2 Å². The van der Waals surface area contributed by atoms with E-state index in [2.05, 4.69) is 21.1 Å². The highest BCUT2D eigenvalue weighted by Gasteiger charge is 2.20. The van der Waals surface area contributed by atoms with Crippen molar-refractivity contribution in [2.75, 3.05) is 13.7 Å². The molecule has 1 aliphatic rings. The zero-order valence-electron chi connectivity index (χ0n) is 8.85. The van der Waals surface area contributed by atoms with Gasteiger partial charge >= 0.3 is 0 Å². The Morgan fingerprint density at radius 2 is 2.19 bits per heavy atom. The van der Waals surface area contributed by atoms with Crippen LogP contribution in [-0.4, -0.2) is 24.4 Å². The van der Waals surface area contributed by atoms with Crippen molar-refractivity contribution in [2.45, 2.75) is 12.5 Å². The molecule has 0 radical (unpaired) electrons. The maximum absolute atomic E-state index is 5.62. The Morgan fingerprint density at radius 3 is 2.81 bits per heavy atom. The minimum Gasteiger partial charge on any atom is -0.493 e. The van der Waals surface area contributed by atoms with Crippen molar-refractivity contribution in [3.05, 3.63) is 24.3 Å². The van der Waals surface area contributed by atoms with E-state index in [1.165, 1.54) is 0 Å². The number of rotatable bonds is 4. The van der Waals surface area contributed by atoms with Gasteiger partial charge in [-0.15, -0.1) is 0 Å². The van der Waals surface area contributed by atoms with Crippen LogP contribution >= 0.6 is 15.9 Å². The average Bonchev–Trinajstić information content (AvgIpc) is 2.73. The van der Waals surface area contributed by atoms with Gasteiger partial charge in [0.25, 0.3) is 0 Å². The molecular formula is C11H12BrNO3.